The number of hydrogen-bond acceptors (Lipinski definition) is 5. The zero-order valence-corrected chi connectivity index (χ0v) is 9.91. The summed E-state index contributed by atoms with van der Waals surface area (Å²) in [5.41, 5.74) is 0.219. The lowest BCUT2D eigenvalue weighted by Gasteiger charge is -2.13. The predicted molar refractivity (Wildman–Crippen MR) is 62.2 cm³/mol. The highest BCUT2D eigenvalue weighted by atomic mass is 35.5. The number of rotatable bonds is 3. The summed E-state index contributed by atoms with van der Waals surface area (Å²) >= 11 is 5.84. The summed E-state index contributed by atoms with van der Waals surface area (Å²) in [5.74, 6) is 0.825. The first-order valence-corrected chi connectivity index (χ1v) is 5.50. The molecule has 0 saturated carbocycles. The minimum Gasteiger partial charge on any atom is -0.364 e. The minimum atomic E-state index is -0.0773. The third-order valence-corrected chi connectivity index (χ3v) is 2.74. The maximum atomic E-state index is 11.1. The largest absolute Gasteiger partial charge is 0.364 e. The molecule has 90 valence electrons. The Morgan fingerprint density at radius 1 is 1.53 bits per heavy atom. The van der Waals surface area contributed by atoms with E-state index in [0.717, 1.165) is 0 Å². The van der Waals surface area contributed by atoms with Crippen molar-refractivity contribution in [3.63, 3.8) is 0 Å². The van der Waals surface area contributed by atoms with Crippen molar-refractivity contribution in [2.45, 2.75) is 19.4 Å². The van der Waals surface area contributed by atoms with Gasteiger partial charge in [-0.05, 0) is 6.92 Å². The standard InChI is InChI=1S/C10H11ClN4O2/c1-5-13-9(11)7(4-16)10(14-5)15-6-2-8(17)12-3-6/h4,6H,2-3H2,1H3,(H,12,17)(H,13,14,15). The van der Waals surface area contributed by atoms with Crippen LogP contribution in [0.25, 0.3) is 0 Å². The molecule has 1 atom stereocenters. The number of aromatic nitrogens is 2. The number of nitrogens with zero attached hydrogens (tertiary/aromatic N) is 2. The first-order chi connectivity index (χ1) is 8.10. The van der Waals surface area contributed by atoms with Crippen LogP contribution in [0.5, 0.6) is 0 Å². The van der Waals surface area contributed by atoms with Crippen molar-refractivity contribution >= 4 is 29.6 Å². The summed E-state index contributed by atoms with van der Waals surface area (Å²) < 4.78 is 0. The minimum absolute atomic E-state index is 0.0213. The fourth-order valence-corrected chi connectivity index (χ4v) is 1.92. The zero-order valence-electron chi connectivity index (χ0n) is 9.16. The van der Waals surface area contributed by atoms with Gasteiger partial charge >= 0.3 is 0 Å². The van der Waals surface area contributed by atoms with E-state index < -0.39 is 0 Å². The second-order valence-electron chi connectivity index (χ2n) is 3.79. The van der Waals surface area contributed by atoms with E-state index in [4.69, 9.17) is 11.6 Å². The van der Waals surface area contributed by atoms with Gasteiger partial charge in [0.1, 0.15) is 16.8 Å². The van der Waals surface area contributed by atoms with Gasteiger partial charge in [0.25, 0.3) is 0 Å². The van der Waals surface area contributed by atoms with Gasteiger partial charge in [0.15, 0.2) is 6.29 Å². The topological polar surface area (TPSA) is 84.0 Å². The van der Waals surface area contributed by atoms with E-state index in [-0.39, 0.29) is 22.7 Å². The number of nitrogens with one attached hydrogen (secondary N) is 2. The Labute approximate surface area is 103 Å². The fraction of sp³-hybridized carbons (Fsp3) is 0.400. The van der Waals surface area contributed by atoms with Crippen molar-refractivity contribution in [1.82, 2.24) is 15.3 Å². The lowest BCUT2D eigenvalue weighted by molar-refractivity contribution is -0.119. The molecule has 1 aromatic heterocycles. The number of carbonyl (C=O) groups is 2. The van der Waals surface area contributed by atoms with E-state index in [1.165, 1.54) is 0 Å². The highest BCUT2D eigenvalue weighted by Crippen LogP contribution is 2.20. The molecule has 7 heteroatoms. The first-order valence-electron chi connectivity index (χ1n) is 5.12. The number of aldehydes is 1. The lowest BCUT2D eigenvalue weighted by atomic mass is 10.2. The van der Waals surface area contributed by atoms with E-state index in [1.54, 1.807) is 6.92 Å². The fourth-order valence-electron chi connectivity index (χ4n) is 1.66. The van der Waals surface area contributed by atoms with Crippen molar-refractivity contribution in [2.75, 3.05) is 11.9 Å². The van der Waals surface area contributed by atoms with Crippen LogP contribution in [0.2, 0.25) is 5.15 Å². The molecule has 0 aliphatic carbocycles. The zero-order chi connectivity index (χ0) is 12.4. The van der Waals surface area contributed by atoms with Gasteiger partial charge in [-0.15, -0.1) is 0 Å². The van der Waals surface area contributed by atoms with Crippen molar-refractivity contribution in [3.05, 3.63) is 16.5 Å². The van der Waals surface area contributed by atoms with E-state index in [9.17, 15) is 9.59 Å². The highest BCUT2D eigenvalue weighted by molar-refractivity contribution is 6.32. The van der Waals surface area contributed by atoms with Crippen LogP contribution in [0.4, 0.5) is 5.82 Å². The molecule has 1 aliphatic heterocycles. The third kappa shape index (κ3) is 2.52. The number of anilines is 1. The molecule has 2 heterocycles. The van der Waals surface area contributed by atoms with Gasteiger partial charge in [0.2, 0.25) is 5.91 Å². The molecule has 2 rings (SSSR count). The predicted octanol–water partition coefficient (Wildman–Crippen LogP) is 0.551. The maximum absolute atomic E-state index is 11.1. The van der Waals surface area contributed by atoms with Gasteiger partial charge in [0, 0.05) is 13.0 Å². The van der Waals surface area contributed by atoms with Crippen LogP contribution >= 0.6 is 11.6 Å². The van der Waals surface area contributed by atoms with Gasteiger partial charge in [-0.1, -0.05) is 11.6 Å². The highest BCUT2D eigenvalue weighted by Gasteiger charge is 2.23. The summed E-state index contributed by atoms with van der Waals surface area (Å²) in [4.78, 5) is 30.0. The van der Waals surface area contributed by atoms with Crippen LogP contribution in [-0.2, 0) is 4.79 Å². The van der Waals surface area contributed by atoms with Gasteiger partial charge in [-0.25, -0.2) is 9.97 Å². The van der Waals surface area contributed by atoms with E-state index in [1.807, 2.05) is 0 Å². The Hall–Kier alpha value is -1.69. The van der Waals surface area contributed by atoms with Gasteiger partial charge in [0.05, 0.1) is 11.6 Å². The molecule has 1 aliphatic rings. The molecule has 1 amide bonds. The van der Waals surface area contributed by atoms with Gasteiger partial charge in [-0.3, -0.25) is 9.59 Å². The molecular formula is C10H11ClN4O2. The van der Waals surface area contributed by atoms with Crippen LogP contribution in [0, 0.1) is 6.92 Å². The normalized spacial score (nSPS) is 18.9. The van der Waals surface area contributed by atoms with Crippen LogP contribution in [-0.4, -0.2) is 34.7 Å². The molecule has 1 saturated heterocycles. The Balaban J connectivity index is 2.25. The Kier molecular flexibility index (Phi) is 3.23. The molecule has 6 nitrogen and oxygen atoms in total. The SMILES string of the molecule is Cc1nc(Cl)c(C=O)c(NC2CNC(=O)C2)n1. The van der Waals surface area contributed by atoms with Gasteiger partial charge in [-0.2, -0.15) is 0 Å². The number of amides is 1. The summed E-state index contributed by atoms with van der Waals surface area (Å²) in [6.07, 6.45) is 0.966. The summed E-state index contributed by atoms with van der Waals surface area (Å²) in [5, 5.41) is 5.83. The van der Waals surface area contributed by atoms with Gasteiger partial charge < -0.3 is 10.6 Å². The molecule has 0 bridgehead atoms. The van der Waals surface area contributed by atoms with Crippen molar-refractivity contribution in [2.24, 2.45) is 0 Å². The molecule has 17 heavy (non-hydrogen) atoms. The van der Waals surface area contributed by atoms with Crippen LogP contribution < -0.4 is 10.6 Å². The van der Waals surface area contributed by atoms with E-state index >= 15 is 0 Å². The molecule has 0 spiro atoms. The van der Waals surface area contributed by atoms with Crippen molar-refractivity contribution in [1.29, 1.82) is 0 Å². The van der Waals surface area contributed by atoms with Crippen LogP contribution in [0.1, 0.15) is 22.6 Å². The Bertz CT molecular complexity index is 478. The average Bonchev–Trinajstić information content (AvgIpc) is 2.63. The summed E-state index contributed by atoms with van der Waals surface area (Å²) in [6, 6.07) is -0.0773. The molecule has 1 unspecified atom stereocenters. The summed E-state index contributed by atoms with van der Waals surface area (Å²) in [7, 11) is 0. The third-order valence-electron chi connectivity index (χ3n) is 2.45. The molecule has 0 aromatic carbocycles. The second kappa shape index (κ2) is 4.67. The second-order valence-corrected chi connectivity index (χ2v) is 4.15. The molecule has 1 fully saturated rings. The molecule has 2 N–H and O–H groups in total. The van der Waals surface area contributed by atoms with Crippen molar-refractivity contribution < 1.29 is 9.59 Å². The van der Waals surface area contributed by atoms with Crippen LogP contribution in [0.15, 0.2) is 0 Å². The first kappa shape index (κ1) is 11.8. The molecule has 0 radical (unpaired) electrons. The lowest BCUT2D eigenvalue weighted by Crippen LogP contribution is -2.24. The molecular weight excluding hydrogens is 244 g/mol. The Morgan fingerprint density at radius 3 is 2.88 bits per heavy atom. The Morgan fingerprint density at radius 2 is 2.29 bits per heavy atom. The number of halogens is 1. The number of carbonyl (C=O) groups excluding carboxylic acids is 2. The van der Waals surface area contributed by atoms with Crippen LogP contribution in [0.3, 0.4) is 0 Å². The number of aryl methyl sites for hydroxylation is 1. The monoisotopic (exact) mass is 254 g/mol. The van der Waals surface area contributed by atoms with Crippen molar-refractivity contribution in [3.8, 4) is 0 Å². The van der Waals surface area contributed by atoms with E-state index in [2.05, 4.69) is 20.6 Å². The smallest absolute Gasteiger partial charge is 0.222 e. The quantitative estimate of drug-likeness (QED) is 0.608. The maximum Gasteiger partial charge on any atom is 0.222 e. The number of hydrogen-bond donors (Lipinski definition) is 2. The van der Waals surface area contributed by atoms with E-state index in [0.29, 0.717) is 30.9 Å². The summed E-state index contributed by atoms with van der Waals surface area (Å²) in [6.45, 7) is 2.20. The molecule has 1 aromatic rings. The average molecular weight is 255 g/mol.